The topological polar surface area (TPSA) is 32.7 Å². The maximum Gasteiger partial charge on any atom is 0.119 e. The number of hydrogen-bond donors (Lipinski definition) is 1. The predicted molar refractivity (Wildman–Crippen MR) is 132 cm³/mol. The van der Waals surface area contributed by atoms with Gasteiger partial charge in [-0.05, 0) is 90.4 Å². The summed E-state index contributed by atoms with van der Waals surface area (Å²) in [6.07, 6.45) is 2.71. The number of aliphatic hydroxyl groups excluding tert-OH is 1. The number of aliphatic hydroxyl groups is 1. The molecule has 2 bridgehead atoms. The first kappa shape index (κ1) is 21.2. The van der Waals surface area contributed by atoms with Crippen molar-refractivity contribution in [1.82, 2.24) is 4.90 Å². The molecule has 6 rings (SSSR count). The minimum absolute atomic E-state index is 0.0275. The molecule has 2 aliphatic carbocycles. The molecule has 0 spiro atoms. The molecule has 0 aromatic heterocycles. The van der Waals surface area contributed by atoms with Crippen LogP contribution in [-0.4, -0.2) is 36.8 Å². The van der Waals surface area contributed by atoms with Gasteiger partial charge in [-0.15, -0.1) is 0 Å². The molecule has 170 valence electrons. The Morgan fingerprint density at radius 3 is 2.61 bits per heavy atom. The van der Waals surface area contributed by atoms with Crippen LogP contribution in [0.3, 0.4) is 0 Å². The van der Waals surface area contributed by atoms with E-state index >= 15 is 0 Å². The Labute approximate surface area is 201 Å². The highest BCUT2D eigenvalue weighted by atomic mass is 35.5. The second kappa shape index (κ2) is 8.16. The number of rotatable bonds is 5. The van der Waals surface area contributed by atoms with Crippen LogP contribution in [0.15, 0.2) is 66.7 Å². The molecule has 0 amide bonds. The zero-order chi connectivity index (χ0) is 22.6. The van der Waals surface area contributed by atoms with E-state index in [4.69, 9.17) is 16.3 Å². The molecular formula is C29H30ClNO2. The first-order valence-corrected chi connectivity index (χ1v) is 12.4. The average molecular weight is 460 g/mol. The van der Waals surface area contributed by atoms with Crippen molar-refractivity contribution >= 4 is 11.6 Å². The Balaban J connectivity index is 1.22. The summed E-state index contributed by atoms with van der Waals surface area (Å²) < 4.78 is 5.35. The third kappa shape index (κ3) is 3.41. The van der Waals surface area contributed by atoms with Gasteiger partial charge in [-0.2, -0.15) is 0 Å². The monoisotopic (exact) mass is 459 g/mol. The van der Waals surface area contributed by atoms with Crippen molar-refractivity contribution in [2.75, 3.05) is 26.7 Å². The van der Waals surface area contributed by atoms with Crippen molar-refractivity contribution in [3.05, 3.63) is 99.6 Å². The molecule has 3 nitrogen and oxygen atoms in total. The Morgan fingerprint density at radius 1 is 1.00 bits per heavy atom. The van der Waals surface area contributed by atoms with Crippen LogP contribution in [0.4, 0.5) is 0 Å². The third-order valence-corrected chi connectivity index (χ3v) is 8.55. The summed E-state index contributed by atoms with van der Waals surface area (Å²) in [5.74, 6) is 1.57. The first-order valence-electron chi connectivity index (χ1n) is 12.0. The lowest BCUT2D eigenvalue weighted by Crippen LogP contribution is -2.44. The van der Waals surface area contributed by atoms with E-state index in [9.17, 15) is 5.11 Å². The van der Waals surface area contributed by atoms with E-state index in [-0.39, 0.29) is 11.3 Å². The molecule has 3 unspecified atom stereocenters. The predicted octanol–water partition coefficient (Wildman–Crippen LogP) is 5.93. The van der Waals surface area contributed by atoms with Gasteiger partial charge in [-0.25, -0.2) is 0 Å². The van der Waals surface area contributed by atoms with E-state index in [1.807, 2.05) is 30.3 Å². The Kier molecular flexibility index (Phi) is 5.25. The fraction of sp³-hybridized carbons (Fsp3) is 0.379. The van der Waals surface area contributed by atoms with Gasteiger partial charge in [0.05, 0.1) is 13.2 Å². The standard InChI is InChI=1S/C29H30ClNO2/c1-33-22-6-4-5-20(15-22)28(32)19-11-13-31(14-12-19)18-29-17-25(23-7-2-3-8-26(23)29)24-10-9-21(30)16-27(24)29/h2-10,15-16,19,25,28,32H,11-14,17-18H2,1H3. The number of piperidine rings is 1. The maximum atomic E-state index is 11.0. The average Bonchev–Trinajstić information content (AvgIpc) is 3.35. The number of nitrogens with zero attached hydrogens (tertiary/aromatic N) is 1. The molecule has 3 atom stereocenters. The van der Waals surface area contributed by atoms with E-state index in [1.165, 1.54) is 22.3 Å². The van der Waals surface area contributed by atoms with Crippen molar-refractivity contribution < 1.29 is 9.84 Å². The first-order chi connectivity index (χ1) is 16.1. The van der Waals surface area contributed by atoms with E-state index in [0.717, 1.165) is 55.2 Å². The number of likely N-dealkylation sites (tertiary alicyclic amines) is 1. The molecule has 0 saturated carbocycles. The van der Waals surface area contributed by atoms with Gasteiger partial charge in [-0.1, -0.05) is 54.1 Å². The molecule has 1 aliphatic heterocycles. The Morgan fingerprint density at radius 2 is 1.79 bits per heavy atom. The summed E-state index contributed by atoms with van der Waals surface area (Å²) in [7, 11) is 1.67. The van der Waals surface area contributed by atoms with Gasteiger partial charge in [0.2, 0.25) is 0 Å². The minimum Gasteiger partial charge on any atom is -0.497 e. The largest absolute Gasteiger partial charge is 0.497 e. The van der Waals surface area contributed by atoms with Crippen molar-refractivity contribution in [2.24, 2.45) is 5.92 Å². The molecular weight excluding hydrogens is 430 g/mol. The van der Waals surface area contributed by atoms with Gasteiger partial charge in [0.25, 0.3) is 0 Å². The third-order valence-electron chi connectivity index (χ3n) is 8.32. The molecule has 1 saturated heterocycles. The Hall–Kier alpha value is -2.33. The van der Waals surface area contributed by atoms with Crippen LogP contribution >= 0.6 is 11.6 Å². The number of hydrogen-bond acceptors (Lipinski definition) is 3. The summed E-state index contributed by atoms with van der Waals surface area (Å²) in [5.41, 5.74) is 6.86. The van der Waals surface area contributed by atoms with E-state index in [1.54, 1.807) is 7.11 Å². The van der Waals surface area contributed by atoms with E-state index in [2.05, 4.69) is 41.3 Å². The summed E-state index contributed by atoms with van der Waals surface area (Å²) in [4.78, 5) is 2.62. The van der Waals surface area contributed by atoms with Crippen LogP contribution in [0, 0.1) is 5.92 Å². The lowest BCUT2D eigenvalue weighted by atomic mass is 9.74. The second-order valence-corrected chi connectivity index (χ2v) is 10.4. The quantitative estimate of drug-likeness (QED) is 0.513. The molecule has 33 heavy (non-hydrogen) atoms. The Bertz CT molecular complexity index is 1190. The minimum atomic E-state index is -0.442. The van der Waals surface area contributed by atoms with Crippen LogP contribution in [0.1, 0.15) is 59.1 Å². The fourth-order valence-corrected chi connectivity index (χ4v) is 6.90. The van der Waals surface area contributed by atoms with Crippen LogP contribution in [-0.2, 0) is 5.41 Å². The number of ether oxygens (including phenoxy) is 1. The van der Waals surface area contributed by atoms with Crippen LogP contribution in [0.2, 0.25) is 5.02 Å². The molecule has 3 aromatic rings. The fourth-order valence-electron chi connectivity index (χ4n) is 6.73. The number of fused-ring (bicyclic) bond motifs is 8. The molecule has 1 N–H and O–H groups in total. The van der Waals surface area contributed by atoms with E-state index < -0.39 is 6.10 Å². The van der Waals surface area contributed by atoms with Crippen LogP contribution < -0.4 is 4.74 Å². The zero-order valence-electron chi connectivity index (χ0n) is 19.0. The summed E-state index contributed by atoms with van der Waals surface area (Å²) in [5, 5.41) is 11.9. The summed E-state index contributed by atoms with van der Waals surface area (Å²) in [6, 6.07) is 23.4. The molecule has 3 aliphatic rings. The number of methoxy groups -OCH3 is 1. The summed E-state index contributed by atoms with van der Waals surface area (Å²) >= 11 is 6.48. The van der Waals surface area contributed by atoms with Gasteiger partial charge in [-0.3, -0.25) is 0 Å². The van der Waals surface area contributed by atoms with Crippen LogP contribution in [0.25, 0.3) is 0 Å². The smallest absolute Gasteiger partial charge is 0.119 e. The normalized spacial score (nSPS) is 25.0. The van der Waals surface area contributed by atoms with Gasteiger partial charge >= 0.3 is 0 Å². The molecule has 3 aromatic carbocycles. The number of halogens is 1. The van der Waals surface area contributed by atoms with Crippen molar-refractivity contribution in [3.63, 3.8) is 0 Å². The highest BCUT2D eigenvalue weighted by molar-refractivity contribution is 6.30. The highest BCUT2D eigenvalue weighted by Gasteiger charge is 2.53. The lowest BCUT2D eigenvalue weighted by Gasteiger charge is -2.40. The van der Waals surface area contributed by atoms with Gasteiger partial charge in [0, 0.05) is 22.9 Å². The molecule has 4 heteroatoms. The van der Waals surface area contributed by atoms with Gasteiger partial charge in [0.1, 0.15) is 5.75 Å². The molecule has 1 heterocycles. The van der Waals surface area contributed by atoms with Gasteiger partial charge < -0.3 is 14.7 Å². The van der Waals surface area contributed by atoms with E-state index in [0.29, 0.717) is 5.92 Å². The van der Waals surface area contributed by atoms with Crippen molar-refractivity contribution in [3.8, 4) is 5.75 Å². The lowest BCUT2D eigenvalue weighted by molar-refractivity contribution is 0.0539. The SMILES string of the molecule is COc1cccc(C(O)C2CCN(CC34CC(c5ccccc53)c3ccc(Cl)cc34)CC2)c1. The van der Waals surface area contributed by atoms with Crippen LogP contribution in [0.5, 0.6) is 5.75 Å². The second-order valence-electron chi connectivity index (χ2n) is 9.99. The van der Waals surface area contributed by atoms with Crippen molar-refractivity contribution in [1.29, 1.82) is 0 Å². The zero-order valence-corrected chi connectivity index (χ0v) is 19.8. The summed E-state index contributed by atoms with van der Waals surface area (Å²) in [6.45, 7) is 3.04. The molecule has 0 radical (unpaired) electrons. The molecule has 1 fully saturated rings. The van der Waals surface area contributed by atoms with Crippen molar-refractivity contribution in [2.45, 2.75) is 36.7 Å². The maximum absolute atomic E-state index is 11.0. The highest BCUT2D eigenvalue weighted by Crippen LogP contribution is 2.60. The van der Waals surface area contributed by atoms with Gasteiger partial charge in [0.15, 0.2) is 0 Å². The number of benzene rings is 3.